The fourth-order valence-corrected chi connectivity index (χ4v) is 2.83. The van der Waals surface area contributed by atoms with E-state index in [1.165, 1.54) is 38.5 Å². The van der Waals surface area contributed by atoms with Crippen molar-refractivity contribution in [3.05, 3.63) is 5.89 Å². The number of nitrogens with one attached hydrogen (secondary N) is 1. The van der Waals surface area contributed by atoms with E-state index in [2.05, 4.69) is 20.4 Å². The van der Waals surface area contributed by atoms with Gasteiger partial charge >= 0.3 is 0 Å². The van der Waals surface area contributed by atoms with E-state index >= 15 is 0 Å². The van der Waals surface area contributed by atoms with Crippen LogP contribution >= 0.6 is 0 Å². The van der Waals surface area contributed by atoms with E-state index < -0.39 is 0 Å². The van der Waals surface area contributed by atoms with Gasteiger partial charge < -0.3 is 14.7 Å². The van der Waals surface area contributed by atoms with Gasteiger partial charge in [0.05, 0.1) is 6.04 Å². The maximum absolute atomic E-state index is 5.43. The fourth-order valence-electron chi connectivity index (χ4n) is 2.83. The smallest absolute Gasteiger partial charge is 0.266 e. The molecule has 0 spiro atoms. The molecule has 1 N–H and O–H groups in total. The number of aromatic nitrogens is 2. The quantitative estimate of drug-likeness (QED) is 0.872. The average Bonchev–Trinajstić information content (AvgIpc) is 2.76. The topological polar surface area (TPSA) is 54.2 Å². The van der Waals surface area contributed by atoms with Gasteiger partial charge in [-0.05, 0) is 37.4 Å². The van der Waals surface area contributed by atoms with E-state index in [4.69, 9.17) is 4.52 Å². The van der Waals surface area contributed by atoms with Crippen molar-refractivity contribution >= 4 is 5.95 Å². The Kier molecular flexibility index (Phi) is 3.78. The van der Waals surface area contributed by atoms with Crippen LogP contribution in [0.3, 0.4) is 0 Å². The Bertz CT molecular complexity index is 365. The zero-order valence-electron chi connectivity index (χ0n) is 10.9. The Balaban J connectivity index is 1.67. The van der Waals surface area contributed by atoms with Crippen molar-refractivity contribution in [2.75, 3.05) is 24.5 Å². The van der Waals surface area contributed by atoms with Gasteiger partial charge in [-0.2, -0.15) is 4.98 Å². The van der Waals surface area contributed by atoms with Gasteiger partial charge in [-0.15, -0.1) is 0 Å². The first-order valence-electron chi connectivity index (χ1n) is 7.25. The molecule has 2 saturated heterocycles. The van der Waals surface area contributed by atoms with Crippen LogP contribution in [0.4, 0.5) is 5.95 Å². The number of piperidine rings is 1. The lowest BCUT2D eigenvalue weighted by Crippen LogP contribution is -2.27. The summed E-state index contributed by atoms with van der Waals surface area (Å²) < 4.78 is 5.43. The molecule has 0 amide bonds. The summed E-state index contributed by atoms with van der Waals surface area (Å²) in [6, 6.07) is 0.270. The van der Waals surface area contributed by atoms with Crippen LogP contribution in [-0.2, 0) is 0 Å². The zero-order valence-corrected chi connectivity index (χ0v) is 10.9. The molecule has 2 aliphatic heterocycles. The lowest BCUT2D eigenvalue weighted by atomic mass is 10.1. The van der Waals surface area contributed by atoms with E-state index in [0.29, 0.717) is 0 Å². The van der Waals surface area contributed by atoms with Crippen molar-refractivity contribution in [2.45, 2.75) is 51.0 Å². The predicted octanol–water partition coefficient (Wildman–Crippen LogP) is 2.26. The van der Waals surface area contributed by atoms with Crippen molar-refractivity contribution in [1.29, 1.82) is 0 Å². The Morgan fingerprint density at radius 3 is 2.61 bits per heavy atom. The Hall–Kier alpha value is -1.10. The van der Waals surface area contributed by atoms with Crippen molar-refractivity contribution < 1.29 is 4.52 Å². The molecule has 100 valence electrons. The second kappa shape index (κ2) is 5.69. The van der Waals surface area contributed by atoms with Gasteiger partial charge in [0.1, 0.15) is 0 Å². The molecule has 18 heavy (non-hydrogen) atoms. The summed E-state index contributed by atoms with van der Waals surface area (Å²) in [4.78, 5) is 6.85. The third-order valence-corrected chi connectivity index (χ3v) is 3.93. The normalized spacial score (nSPS) is 26.0. The number of anilines is 1. The van der Waals surface area contributed by atoms with E-state index in [0.717, 1.165) is 37.9 Å². The van der Waals surface area contributed by atoms with E-state index in [-0.39, 0.29) is 6.04 Å². The Morgan fingerprint density at radius 2 is 1.89 bits per heavy atom. The lowest BCUT2D eigenvalue weighted by molar-refractivity contribution is 0.297. The van der Waals surface area contributed by atoms with Gasteiger partial charge in [-0.1, -0.05) is 19.3 Å². The minimum absolute atomic E-state index is 0.270. The van der Waals surface area contributed by atoms with E-state index in [9.17, 15) is 0 Å². The largest absolute Gasteiger partial charge is 0.338 e. The van der Waals surface area contributed by atoms with Crippen LogP contribution in [0.25, 0.3) is 0 Å². The van der Waals surface area contributed by atoms with E-state index in [1.807, 2.05) is 0 Å². The lowest BCUT2D eigenvalue weighted by Gasteiger charge is -2.20. The number of rotatable bonds is 2. The molecule has 1 atom stereocenters. The van der Waals surface area contributed by atoms with Crippen molar-refractivity contribution in [2.24, 2.45) is 0 Å². The molecule has 2 fully saturated rings. The maximum atomic E-state index is 5.43. The molecule has 0 radical (unpaired) electrons. The molecule has 0 bridgehead atoms. The molecule has 0 unspecified atom stereocenters. The number of hydrogen-bond donors (Lipinski definition) is 1. The van der Waals surface area contributed by atoms with Gasteiger partial charge in [0.2, 0.25) is 5.89 Å². The second-order valence-electron chi connectivity index (χ2n) is 5.34. The first kappa shape index (κ1) is 12.0. The molecule has 3 rings (SSSR count). The summed E-state index contributed by atoms with van der Waals surface area (Å²) in [6.45, 7) is 3.19. The second-order valence-corrected chi connectivity index (χ2v) is 5.34. The highest BCUT2D eigenvalue weighted by Crippen LogP contribution is 2.24. The predicted molar refractivity (Wildman–Crippen MR) is 69.6 cm³/mol. The van der Waals surface area contributed by atoms with Crippen LogP contribution in [0.2, 0.25) is 0 Å². The summed E-state index contributed by atoms with van der Waals surface area (Å²) >= 11 is 0. The molecule has 0 aromatic carbocycles. The Morgan fingerprint density at radius 1 is 1.06 bits per heavy atom. The minimum Gasteiger partial charge on any atom is -0.338 e. The van der Waals surface area contributed by atoms with Gasteiger partial charge in [0.15, 0.2) is 0 Å². The van der Waals surface area contributed by atoms with Crippen molar-refractivity contribution in [1.82, 2.24) is 15.5 Å². The maximum Gasteiger partial charge on any atom is 0.266 e. The van der Waals surface area contributed by atoms with Gasteiger partial charge in [0.25, 0.3) is 5.95 Å². The molecule has 0 aliphatic carbocycles. The molecular weight excluding hydrogens is 228 g/mol. The first-order valence-corrected chi connectivity index (χ1v) is 7.25. The van der Waals surface area contributed by atoms with E-state index in [1.54, 1.807) is 0 Å². The van der Waals surface area contributed by atoms with Crippen LogP contribution in [-0.4, -0.2) is 29.8 Å². The molecule has 5 heteroatoms. The standard InChI is InChI=1S/C13H22N4O/c1-2-6-10-17(9-5-1)13-15-12(18-16-13)11-7-3-4-8-14-11/h11,14H,1-10H2/t11-/m0/s1. The fraction of sp³-hybridized carbons (Fsp3) is 0.846. The molecule has 1 aromatic rings. The van der Waals surface area contributed by atoms with Crippen molar-refractivity contribution in [3.63, 3.8) is 0 Å². The summed E-state index contributed by atoms with van der Waals surface area (Å²) in [7, 11) is 0. The molecule has 3 heterocycles. The summed E-state index contributed by atoms with van der Waals surface area (Å²) in [5.74, 6) is 1.56. The third-order valence-electron chi connectivity index (χ3n) is 3.93. The van der Waals surface area contributed by atoms with Gasteiger partial charge in [-0.3, -0.25) is 0 Å². The third kappa shape index (κ3) is 2.66. The van der Waals surface area contributed by atoms with Crippen LogP contribution in [0.5, 0.6) is 0 Å². The van der Waals surface area contributed by atoms with Crippen LogP contribution in [0.1, 0.15) is 56.9 Å². The Labute approximate surface area is 108 Å². The highest BCUT2D eigenvalue weighted by molar-refractivity contribution is 5.28. The molecule has 1 aromatic heterocycles. The highest BCUT2D eigenvalue weighted by Gasteiger charge is 2.23. The van der Waals surface area contributed by atoms with Crippen LogP contribution in [0.15, 0.2) is 4.52 Å². The van der Waals surface area contributed by atoms with Crippen LogP contribution in [0, 0.1) is 0 Å². The number of nitrogens with zero attached hydrogens (tertiary/aromatic N) is 3. The van der Waals surface area contributed by atoms with Gasteiger partial charge in [-0.25, -0.2) is 0 Å². The minimum atomic E-state index is 0.270. The molecule has 2 aliphatic rings. The van der Waals surface area contributed by atoms with Crippen LogP contribution < -0.4 is 10.2 Å². The van der Waals surface area contributed by atoms with Gasteiger partial charge in [0, 0.05) is 13.1 Å². The monoisotopic (exact) mass is 250 g/mol. The SMILES string of the molecule is C1CCCN(c2noc([C@@H]3CCCCN3)n2)CC1. The number of hydrogen-bond acceptors (Lipinski definition) is 5. The summed E-state index contributed by atoms with van der Waals surface area (Å²) in [5.41, 5.74) is 0. The zero-order chi connectivity index (χ0) is 12.2. The first-order chi connectivity index (χ1) is 8.93. The summed E-state index contributed by atoms with van der Waals surface area (Å²) in [6.07, 6.45) is 8.75. The highest BCUT2D eigenvalue weighted by atomic mass is 16.5. The average molecular weight is 250 g/mol. The summed E-state index contributed by atoms with van der Waals surface area (Å²) in [5, 5.41) is 7.61. The molecule has 5 nitrogen and oxygen atoms in total. The molecular formula is C13H22N4O. The molecule has 0 saturated carbocycles. The van der Waals surface area contributed by atoms with Crippen molar-refractivity contribution in [3.8, 4) is 0 Å².